The highest BCUT2D eigenvalue weighted by atomic mass is 16.5. The Morgan fingerprint density at radius 3 is 1.92 bits per heavy atom. The Kier molecular flexibility index (Phi) is 8.45. The molecule has 1 aliphatic heterocycles. The summed E-state index contributed by atoms with van der Waals surface area (Å²) >= 11 is 0. The Hall–Kier alpha value is -5.98. The molecule has 9 rings (SSSR count). The normalized spacial score (nSPS) is 13.6. The minimum absolute atomic E-state index is 0.112. The number of imidazole rings is 2. The fourth-order valence-corrected chi connectivity index (χ4v) is 6.54. The molecule has 0 aliphatic carbocycles. The van der Waals surface area contributed by atoms with Crippen molar-refractivity contribution in [1.82, 2.24) is 39.0 Å². The van der Waals surface area contributed by atoms with Crippen molar-refractivity contribution in [1.29, 1.82) is 0 Å². The summed E-state index contributed by atoms with van der Waals surface area (Å²) in [7, 11) is 0. The molecule has 1 saturated heterocycles. The van der Waals surface area contributed by atoms with Gasteiger partial charge < -0.3 is 14.8 Å². The number of ether oxygens (including phenoxy) is 2. The highest BCUT2D eigenvalue weighted by molar-refractivity contribution is 6.06. The van der Waals surface area contributed by atoms with Gasteiger partial charge in [0.1, 0.15) is 5.56 Å². The van der Waals surface area contributed by atoms with Crippen molar-refractivity contribution in [2.75, 3.05) is 46.0 Å². The standard InChI is InChI=1S/C21H21N5O2.C17H13N3O2/c27-21(23-7-8-25-9-11-28-12-10-25)16-13-15-14-22-6-5-18(15)26-19-4-2-1-3-17(19)24-20(16)26;1-2-22-17(21)12-9-11-10-18-8-7-14(11)20-15-6-4-3-5-13(15)19-16(12)20/h1-6,13-14H,7-12H2,(H,23,27);3-10H,2H2,1H3. The summed E-state index contributed by atoms with van der Waals surface area (Å²) in [4.78, 5) is 45.3. The molecule has 0 bridgehead atoms. The lowest BCUT2D eigenvalue weighted by atomic mass is 10.1. The number of esters is 1. The molecule has 6 aromatic heterocycles. The van der Waals surface area contributed by atoms with Crippen LogP contribution in [0, 0.1) is 0 Å². The third-order valence-corrected chi connectivity index (χ3v) is 8.90. The van der Waals surface area contributed by atoms with Gasteiger partial charge >= 0.3 is 5.97 Å². The van der Waals surface area contributed by atoms with Crippen LogP contribution in [0.3, 0.4) is 0 Å². The van der Waals surface area contributed by atoms with E-state index in [1.165, 1.54) is 0 Å². The van der Waals surface area contributed by atoms with Crippen LogP contribution in [0.5, 0.6) is 0 Å². The molecule has 12 heteroatoms. The summed E-state index contributed by atoms with van der Waals surface area (Å²) < 4.78 is 14.6. The van der Waals surface area contributed by atoms with E-state index in [4.69, 9.17) is 14.5 Å². The third-order valence-electron chi connectivity index (χ3n) is 8.90. The van der Waals surface area contributed by atoms with Gasteiger partial charge in [0.25, 0.3) is 5.91 Å². The van der Waals surface area contributed by atoms with Gasteiger partial charge in [-0.3, -0.25) is 28.5 Å². The van der Waals surface area contributed by atoms with Crippen LogP contribution in [0.2, 0.25) is 0 Å². The second-order valence-electron chi connectivity index (χ2n) is 11.9. The van der Waals surface area contributed by atoms with Crippen LogP contribution in [0.15, 0.2) is 97.6 Å². The lowest BCUT2D eigenvalue weighted by molar-refractivity contribution is 0.0383. The van der Waals surface area contributed by atoms with Gasteiger partial charge in [-0.1, -0.05) is 24.3 Å². The molecule has 1 aliphatic rings. The molecule has 8 aromatic rings. The quantitative estimate of drug-likeness (QED) is 0.235. The summed E-state index contributed by atoms with van der Waals surface area (Å²) in [5.74, 6) is -0.479. The number of para-hydroxylation sites is 4. The third kappa shape index (κ3) is 5.74. The van der Waals surface area contributed by atoms with Crippen LogP contribution in [0.4, 0.5) is 0 Å². The number of rotatable bonds is 6. The first-order chi connectivity index (χ1) is 24.6. The second kappa shape index (κ2) is 13.5. The predicted octanol–water partition coefficient (Wildman–Crippen LogP) is 5.31. The van der Waals surface area contributed by atoms with Crippen LogP contribution in [-0.2, 0) is 9.47 Å². The van der Waals surface area contributed by atoms with Crippen molar-refractivity contribution in [3.63, 3.8) is 0 Å². The number of amides is 1. The fraction of sp³-hybridized carbons (Fsp3) is 0.211. The number of nitrogens with zero attached hydrogens (tertiary/aromatic N) is 7. The van der Waals surface area contributed by atoms with E-state index >= 15 is 0 Å². The number of carbonyl (C=O) groups is 2. The molecule has 7 heterocycles. The number of hydrogen-bond acceptors (Lipinski definition) is 9. The summed E-state index contributed by atoms with van der Waals surface area (Å²) in [5, 5.41) is 4.84. The number of nitrogens with one attached hydrogen (secondary N) is 1. The lowest BCUT2D eigenvalue weighted by Gasteiger charge is -2.26. The number of hydrogen-bond donors (Lipinski definition) is 1. The Morgan fingerprint density at radius 2 is 1.32 bits per heavy atom. The van der Waals surface area contributed by atoms with E-state index in [-0.39, 0.29) is 11.9 Å². The first-order valence-corrected chi connectivity index (χ1v) is 16.6. The lowest BCUT2D eigenvalue weighted by Crippen LogP contribution is -2.41. The van der Waals surface area contributed by atoms with E-state index in [0.717, 1.165) is 76.7 Å². The predicted molar refractivity (Wildman–Crippen MR) is 192 cm³/mol. The van der Waals surface area contributed by atoms with Crippen molar-refractivity contribution in [2.24, 2.45) is 0 Å². The van der Waals surface area contributed by atoms with Gasteiger partial charge in [0.05, 0.1) is 58.5 Å². The topological polar surface area (TPSA) is 128 Å². The molecule has 1 amide bonds. The van der Waals surface area contributed by atoms with Crippen molar-refractivity contribution in [2.45, 2.75) is 6.92 Å². The monoisotopic (exact) mass is 666 g/mol. The van der Waals surface area contributed by atoms with E-state index in [1.807, 2.05) is 75.5 Å². The number of pyridine rings is 4. The average molecular weight is 667 g/mol. The average Bonchev–Trinajstić information content (AvgIpc) is 3.75. The zero-order chi connectivity index (χ0) is 34.0. The maximum Gasteiger partial charge on any atom is 0.341 e. The highest BCUT2D eigenvalue weighted by Crippen LogP contribution is 2.27. The van der Waals surface area contributed by atoms with Gasteiger partial charge in [-0.2, -0.15) is 0 Å². The summed E-state index contributed by atoms with van der Waals surface area (Å²) in [5.41, 5.74) is 7.91. The van der Waals surface area contributed by atoms with Crippen molar-refractivity contribution >= 4 is 67.0 Å². The van der Waals surface area contributed by atoms with Crippen LogP contribution < -0.4 is 5.32 Å². The zero-order valence-electron chi connectivity index (χ0n) is 27.5. The number of fused-ring (bicyclic) bond motifs is 10. The van der Waals surface area contributed by atoms with Gasteiger partial charge in [0.2, 0.25) is 0 Å². The highest BCUT2D eigenvalue weighted by Gasteiger charge is 2.20. The number of aromatic nitrogens is 6. The number of carbonyl (C=O) groups excluding carboxylic acids is 2. The maximum atomic E-state index is 13.0. The van der Waals surface area contributed by atoms with Crippen molar-refractivity contribution < 1.29 is 19.1 Å². The van der Waals surface area contributed by atoms with Crippen LogP contribution in [0.25, 0.3) is 55.2 Å². The minimum Gasteiger partial charge on any atom is -0.462 e. The fourth-order valence-electron chi connectivity index (χ4n) is 6.54. The minimum atomic E-state index is -0.367. The Bertz CT molecular complexity index is 2540. The molecule has 0 atom stereocenters. The van der Waals surface area contributed by atoms with Crippen LogP contribution in [0.1, 0.15) is 27.6 Å². The molecule has 2 aromatic carbocycles. The van der Waals surface area contributed by atoms with Gasteiger partial charge in [0.15, 0.2) is 11.3 Å². The summed E-state index contributed by atoms with van der Waals surface area (Å²) in [6.45, 7) is 6.87. The van der Waals surface area contributed by atoms with Crippen LogP contribution in [-0.4, -0.2) is 91.5 Å². The molecule has 0 spiro atoms. The molecule has 1 N–H and O–H groups in total. The second-order valence-corrected chi connectivity index (χ2v) is 11.9. The first kappa shape index (κ1) is 31.3. The smallest absolute Gasteiger partial charge is 0.341 e. The van der Waals surface area contributed by atoms with Crippen LogP contribution >= 0.6 is 0 Å². The van der Waals surface area contributed by atoms with E-state index in [2.05, 4.69) is 25.2 Å². The molecule has 0 unspecified atom stereocenters. The SMILES string of the molecule is CCOC(=O)c1cc2cnccc2n2c1nc1ccccc12.O=C(NCCN1CCOCC1)c1cc2cnccc2n2c1nc1ccccc12. The number of benzene rings is 2. The molecular weight excluding hydrogens is 632 g/mol. The first-order valence-electron chi connectivity index (χ1n) is 16.6. The maximum absolute atomic E-state index is 13.0. The van der Waals surface area contributed by atoms with E-state index < -0.39 is 0 Å². The zero-order valence-corrected chi connectivity index (χ0v) is 27.5. The molecular formula is C38H34N8O4. The Morgan fingerprint density at radius 1 is 0.760 bits per heavy atom. The molecule has 0 saturated carbocycles. The van der Waals surface area contributed by atoms with E-state index in [0.29, 0.717) is 35.6 Å². The van der Waals surface area contributed by atoms with E-state index in [9.17, 15) is 9.59 Å². The molecule has 250 valence electrons. The Labute approximate surface area is 286 Å². The molecule has 12 nitrogen and oxygen atoms in total. The van der Waals surface area contributed by atoms with Gasteiger partial charge in [-0.25, -0.2) is 14.8 Å². The van der Waals surface area contributed by atoms with Crippen molar-refractivity contribution in [3.8, 4) is 0 Å². The Balaban J connectivity index is 0.000000149. The molecule has 1 fully saturated rings. The summed E-state index contributed by atoms with van der Waals surface area (Å²) in [6, 6.07) is 23.3. The summed E-state index contributed by atoms with van der Waals surface area (Å²) in [6.07, 6.45) is 7.03. The van der Waals surface area contributed by atoms with Crippen molar-refractivity contribution in [3.05, 3.63) is 109 Å². The van der Waals surface area contributed by atoms with Gasteiger partial charge in [-0.15, -0.1) is 0 Å². The van der Waals surface area contributed by atoms with E-state index in [1.54, 1.807) is 37.8 Å². The largest absolute Gasteiger partial charge is 0.462 e. The van der Waals surface area contributed by atoms with Gasteiger partial charge in [-0.05, 0) is 55.5 Å². The van der Waals surface area contributed by atoms with Gasteiger partial charge in [0, 0.05) is 61.7 Å². The molecule has 50 heavy (non-hydrogen) atoms. The molecule has 0 radical (unpaired) electrons. The number of morpholine rings is 1.